The fourth-order valence-corrected chi connectivity index (χ4v) is 3.44. The molecule has 1 fully saturated rings. The Kier molecular flexibility index (Phi) is 7.26. The number of aryl methyl sites for hydroxylation is 1. The van der Waals surface area contributed by atoms with Crippen molar-refractivity contribution in [2.45, 2.75) is 31.4 Å². The van der Waals surface area contributed by atoms with Gasteiger partial charge >= 0.3 is 0 Å². The zero-order chi connectivity index (χ0) is 20.6. The molecule has 1 aliphatic heterocycles. The third-order valence-corrected chi connectivity index (χ3v) is 4.72. The van der Waals surface area contributed by atoms with Crippen molar-refractivity contribution < 1.29 is 19.1 Å². The van der Waals surface area contributed by atoms with Crippen LogP contribution in [0.2, 0.25) is 0 Å². The summed E-state index contributed by atoms with van der Waals surface area (Å²) in [7, 11) is 0. The number of anilines is 1. The number of β-amino-alcohol motifs (C(OH)–C–C–N with tert-alkyl or cyclic N) is 1. The van der Waals surface area contributed by atoms with Crippen molar-refractivity contribution in [3.05, 3.63) is 60.2 Å². The number of aliphatic hydroxyl groups is 1. The molecule has 1 aromatic heterocycles. The van der Waals surface area contributed by atoms with Crippen molar-refractivity contribution in [2.24, 2.45) is 0 Å². The number of likely N-dealkylation sites (tertiary alicyclic amines) is 1. The molecule has 0 saturated carbocycles. The molecule has 1 saturated heterocycles. The number of aliphatic hydroxyl groups excluding tert-OH is 1. The van der Waals surface area contributed by atoms with Gasteiger partial charge in [0.05, 0.1) is 18.3 Å². The van der Waals surface area contributed by atoms with E-state index < -0.39 is 11.9 Å². The van der Waals surface area contributed by atoms with E-state index in [4.69, 9.17) is 0 Å². The van der Waals surface area contributed by atoms with E-state index in [-0.39, 0.29) is 30.1 Å². The number of para-hydroxylation sites is 1. The van der Waals surface area contributed by atoms with Crippen LogP contribution in [-0.4, -0.2) is 58.6 Å². The first-order chi connectivity index (χ1) is 14.0. The Bertz CT molecular complexity index is 834. The molecule has 1 aliphatic rings. The molecule has 29 heavy (non-hydrogen) atoms. The van der Waals surface area contributed by atoms with E-state index in [1.807, 2.05) is 18.2 Å². The van der Waals surface area contributed by atoms with E-state index in [2.05, 4.69) is 15.6 Å². The lowest BCUT2D eigenvalue weighted by Gasteiger charge is -2.35. The van der Waals surface area contributed by atoms with Crippen molar-refractivity contribution in [1.82, 2.24) is 15.2 Å². The van der Waals surface area contributed by atoms with Crippen molar-refractivity contribution in [1.29, 1.82) is 0 Å². The minimum Gasteiger partial charge on any atom is -0.392 e. The van der Waals surface area contributed by atoms with Gasteiger partial charge < -0.3 is 15.7 Å². The molecule has 154 valence electrons. The standard InChI is InChI=1S/C21H25FN4O3/c22-18-6-1-2-7-19(18)25-21(29)14-26-12-16(11-17(27)13-26)24-20(28)9-8-15-5-3-4-10-23-15/h1-7,10,16-17,27H,8-9,11-14H2,(H,24,28)(H,25,29)/t16-,17+/m0/s1. The van der Waals surface area contributed by atoms with Crippen molar-refractivity contribution in [2.75, 3.05) is 25.0 Å². The van der Waals surface area contributed by atoms with Crippen LogP contribution in [0.25, 0.3) is 0 Å². The summed E-state index contributed by atoms with van der Waals surface area (Å²) in [5.41, 5.74) is 0.965. The minimum atomic E-state index is -0.647. The molecular weight excluding hydrogens is 375 g/mol. The Morgan fingerprint density at radius 2 is 1.93 bits per heavy atom. The SMILES string of the molecule is O=C(CN1C[C@H](O)C[C@H](NC(=O)CCc2ccccn2)C1)Nc1ccccc1F. The summed E-state index contributed by atoms with van der Waals surface area (Å²) in [6.07, 6.45) is 2.31. The summed E-state index contributed by atoms with van der Waals surface area (Å²) in [5.74, 6) is -0.993. The maximum absolute atomic E-state index is 13.7. The molecule has 0 unspecified atom stereocenters. The summed E-state index contributed by atoms with van der Waals surface area (Å²) in [4.78, 5) is 30.4. The van der Waals surface area contributed by atoms with Gasteiger partial charge in [-0.1, -0.05) is 18.2 Å². The van der Waals surface area contributed by atoms with Crippen LogP contribution >= 0.6 is 0 Å². The molecule has 2 amide bonds. The number of nitrogens with zero attached hydrogens (tertiary/aromatic N) is 2. The molecule has 1 aromatic carbocycles. The molecule has 2 atom stereocenters. The summed E-state index contributed by atoms with van der Waals surface area (Å²) >= 11 is 0. The van der Waals surface area contributed by atoms with Gasteiger partial charge in [0, 0.05) is 37.4 Å². The number of halogens is 1. The lowest BCUT2D eigenvalue weighted by Crippen LogP contribution is -2.54. The van der Waals surface area contributed by atoms with Gasteiger partial charge in [-0.05, 0) is 37.1 Å². The smallest absolute Gasteiger partial charge is 0.238 e. The van der Waals surface area contributed by atoms with E-state index in [0.29, 0.717) is 32.4 Å². The van der Waals surface area contributed by atoms with Crippen molar-refractivity contribution >= 4 is 17.5 Å². The Morgan fingerprint density at radius 1 is 1.14 bits per heavy atom. The highest BCUT2D eigenvalue weighted by molar-refractivity contribution is 5.92. The van der Waals surface area contributed by atoms with Gasteiger partial charge in [-0.15, -0.1) is 0 Å². The minimum absolute atomic E-state index is 0.00565. The first kappa shape index (κ1) is 20.9. The first-order valence-corrected chi connectivity index (χ1v) is 9.63. The van der Waals surface area contributed by atoms with Crippen LogP contribution in [0, 0.1) is 5.82 Å². The monoisotopic (exact) mass is 400 g/mol. The number of benzene rings is 1. The first-order valence-electron chi connectivity index (χ1n) is 9.63. The summed E-state index contributed by atoms with van der Waals surface area (Å²) in [6, 6.07) is 11.3. The van der Waals surface area contributed by atoms with Gasteiger partial charge in [-0.3, -0.25) is 19.5 Å². The molecule has 0 spiro atoms. The zero-order valence-corrected chi connectivity index (χ0v) is 16.1. The second kappa shape index (κ2) is 10.1. The van der Waals surface area contributed by atoms with Crippen LogP contribution in [0.3, 0.4) is 0 Å². The number of carbonyl (C=O) groups excluding carboxylic acids is 2. The number of hydrogen-bond donors (Lipinski definition) is 3. The van der Waals surface area contributed by atoms with Crippen LogP contribution in [0.4, 0.5) is 10.1 Å². The Hall–Kier alpha value is -2.84. The highest BCUT2D eigenvalue weighted by Crippen LogP contribution is 2.14. The number of rotatable bonds is 7. The maximum atomic E-state index is 13.7. The van der Waals surface area contributed by atoms with Gasteiger partial charge in [0.2, 0.25) is 11.8 Å². The number of carbonyl (C=O) groups is 2. The number of aromatic nitrogens is 1. The normalized spacial score (nSPS) is 19.5. The highest BCUT2D eigenvalue weighted by Gasteiger charge is 2.28. The predicted octanol–water partition coefficient (Wildman–Crippen LogP) is 1.34. The number of pyridine rings is 1. The van der Waals surface area contributed by atoms with Gasteiger partial charge in [0.1, 0.15) is 5.82 Å². The van der Waals surface area contributed by atoms with Gasteiger partial charge in [-0.2, -0.15) is 0 Å². The number of hydrogen-bond acceptors (Lipinski definition) is 5. The van der Waals surface area contributed by atoms with E-state index in [0.717, 1.165) is 5.69 Å². The molecule has 0 bridgehead atoms. The molecule has 2 aromatic rings. The fraction of sp³-hybridized carbons (Fsp3) is 0.381. The van der Waals surface area contributed by atoms with Gasteiger partial charge in [-0.25, -0.2) is 4.39 Å². The highest BCUT2D eigenvalue weighted by atomic mass is 19.1. The Balaban J connectivity index is 1.47. The van der Waals surface area contributed by atoms with Crippen LogP contribution < -0.4 is 10.6 Å². The second-order valence-corrected chi connectivity index (χ2v) is 7.20. The van der Waals surface area contributed by atoms with Crippen LogP contribution in [0.5, 0.6) is 0 Å². The molecule has 2 heterocycles. The largest absolute Gasteiger partial charge is 0.392 e. The molecule has 0 radical (unpaired) electrons. The number of piperidine rings is 1. The van der Waals surface area contributed by atoms with E-state index in [9.17, 15) is 19.1 Å². The summed E-state index contributed by atoms with van der Waals surface area (Å²) < 4.78 is 13.7. The van der Waals surface area contributed by atoms with E-state index >= 15 is 0 Å². The lowest BCUT2D eigenvalue weighted by molar-refractivity contribution is -0.122. The quantitative estimate of drug-likeness (QED) is 0.652. The van der Waals surface area contributed by atoms with Crippen molar-refractivity contribution in [3.63, 3.8) is 0 Å². The fourth-order valence-electron chi connectivity index (χ4n) is 3.44. The third-order valence-electron chi connectivity index (χ3n) is 4.72. The number of amides is 2. The van der Waals surface area contributed by atoms with Gasteiger partial charge in [0.15, 0.2) is 0 Å². The van der Waals surface area contributed by atoms with E-state index in [1.54, 1.807) is 23.2 Å². The molecule has 3 N–H and O–H groups in total. The predicted molar refractivity (Wildman–Crippen MR) is 107 cm³/mol. The van der Waals surface area contributed by atoms with Gasteiger partial charge in [0.25, 0.3) is 0 Å². The topological polar surface area (TPSA) is 94.6 Å². The summed E-state index contributed by atoms with van der Waals surface area (Å²) in [5, 5.41) is 15.6. The van der Waals surface area contributed by atoms with Crippen LogP contribution in [0.1, 0.15) is 18.5 Å². The molecule has 0 aliphatic carbocycles. The Morgan fingerprint density at radius 3 is 2.69 bits per heavy atom. The average Bonchev–Trinajstić information content (AvgIpc) is 2.68. The third kappa shape index (κ3) is 6.62. The van der Waals surface area contributed by atoms with Crippen LogP contribution in [0.15, 0.2) is 48.7 Å². The Labute approximate surface area is 168 Å². The molecular formula is C21H25FN4O3. The number of nitrogens with one attached hydrogen (secondary N) is 2. The van der Waals surface area contributed by atoms with E-state index in [1.165, 1.54) is 12.1 Å². The lowest BCUT2D eigenvalue weighted by atomic mass is 10.0. The summed E-state index contributed by atoms with van der Waals surface area (Å²) in [6.45, 7) is 0.772. The van der Waals surface area contributed by atoms with Crippen molar-refractivity contribution in [3.8, 4) is 0 Å². The molecule has 3 rings (SSSR count). The maximum Gasteiger partial charge on any atom is 0.238 e. The van der Waals surface area contributed by atoms with Crippen LogP contribution in [-0.2, 0) is 16.0 Å². The second-order valence-electron chi connectivity index (χ2n) is 7.20. The molecule has 8 heteroatoms. The zero-order valence-electron chi connectivity index (χ0n) is 16.1. The average molecular weight is 400 g/mol. The molecule has 7 nitrogen and oxygen atoms in total.